The molecular weight excluding hydrogens is 432 g/mol. The molecule has 0 aliphatic heterocycles. The molecule has 5 rings (SSSR count). The van der Waals surface area contributed by atoms with Crippen LogP contribution in [0.15, 0.2) is 54.0 Å². The zero-order valence-electron chi connectivity index (χ0n) is 18.7. The van der Waals surface area contributed by atoms with Crippen LogP contribution in [0, 0.1) is 12.8 Å². The Balaban J connectivity index is 1.30. The molecule has 1 saturated carbocycles. The average Bonchev–Trinajstić information content (AvgIpc) is 3.36. The SMILES string of the molecule is Cc1nc(NC(C)c2cccc(OC3CC3CCC=O)c2)cc(-c2ccc3ncsc3c2)n1. The summed E-state index contributed by atoms with van der Waals surface area (Å²) in [5.41, 5.74) is 5.93. The number of aldehydes is 1. The standard InChI is InChI=1S/C26H26N4O2S/c1-16(18-5-3-7-21(11-18)32-24-12-20(24)6-4-10-31)28-26-14-23(29-17(2)30-26)19-8-9-22-25(13-19)33-15-27-22/h3,5,7-11,13-16,20,24H,4,6,12H2,1-2H3,(H,28,29,30). The zero-order chi connectivity index (χ0) is 22.8. The first-order chi connectivity index (χ1) is 16.1. The van der Waals surface area contributed by atoms with Crippen molar-refractivity contribution in [1.82, 2.24) is 15.0 Å². The third kappa shape index (κ3) is 5.03. The van der Waals surface area contributed by atoms with Crippen LogP contribution in [-0.2, 0) is 4.79 Å². The molecule has 168 valence electrons. The van der Waals surface area contributed by atoms with Gasteiger partial charge in [-0.1, -0.05) is 18.2 Å². The Morgan fingerprint density at radius 2 is 2.12 bits per heavy atom. The molecule has 2 heterocycles. The Labute approximate surface area is 197 Å². The van der Waals surface area contributed by atoms with Crippen LogP contribution in [0.5, 0.6) is 5.75 Å². The van der Waals surface area contributed by atoms with Crippen LogP contribution in [0.1, 0.15) is 43.6 Å². The zero-order valence-corrected chi connectivity index (χ0v) is 19.5. The van der Waals surface area contributed by atoms with Crippen LogP contribution >= 0.6 is 11.3 Å². The number of ether oxygens (including phenoxy) is 1. The fourth-order valence-electron chi connectivity index (χ4n) is 4.09. The summed E-state index contributed by atoms with van der Waals surface area (Å²) in [6.07, 6.45) is 3.77. The molecule has 0 amide bonds. The average molecular weight is 459 g/mol. The fourth-order valence-corrected chi connectivity index (χ4v) is 4.81. The van der Waals surface area contributed by atoms with Crippen molar-refractivity contribution in [3.63, 3.8) is 0 Å². The highest BCUT2D eigenvalue weighted by atomic mass is 32.1. The van der Waals surface area contributed by atoms with E-state index in [0.717, 1.165) is 63.6 Å². The lowest BCUT2D eigenvalue weighted by Crippen LogP contribution is -2.10. The van der Waals surface area contributed by atoms with E-state index in [1.807, 2.05) is 36.7 Å². The molecule has 0 spiro atoms. The van der Waals surface area contributed by atoms with Crippen LogP contribution in [0.4, 0.5) is 5.82 Å². The van der Waals surface area contributed by atoms with Crippen molar-refractivity contribution in [2.24, 2.45) is 5.92 Å². The summed E-state index contributed by atoms with van der Waals surface area (Å²) in [6, 6.07) is 16.4. The van der Waals surface area contributed by atoms with Crippen LogP contribution in [-0.4, -0.2) is 27.3 Å². The number of carbonyl (C=O) groups is 1. The number of aromatic nitrogens is 3. The second kappa shape index (κ2) is 9.27. The molecule has 1 aliphatic rings. The number of nitrogens with zero attached hydrogens (tertiary/aromatic N) is 3. The van der Waals surface area contributed by atoms with Crippen molar-refractivity contribution in [1.29, 1.82) is 0 Å². The molecule has 1 N–H and O–H groups in total. The summed E-state index contributed by atoms with van der Waals surface area (Å²) in [7, 11) is 0. The van der Waals surface area contributed by atoms with Crippen LogP contribution < -0.4 is 10.1 Å². The number of nitrogens with one attached hydrogen (secondary N) is 1. The number of rotatable bonds is 9. The van der Waals surface area contributed by atoms with Crippen molar-refractivity contribution in [2.45, 2.75) is 45.3 Å². The molecule has 33 heavy (non-hydrogen) atoms. The lowest BCUT2D eigenvalue weighted by atomic mass is 10.1. The predicted octanol–water partition coefficient (Wildman–Crippen LogP) is 5.98. The van der Waals surface area contributed by atoms with E-state index in [4.69, 9.17) is 4.74 Å². The van der Waals surface area contributed by atoms with Crippen LogP contribution in [0.2, 0.25) is 0 Å². The summed E-state index contributed by atoms with van der Waals surface area (Å²) in [5, 5.41) is 3.52. The van der Waals surface area contributed by atoms with Gasteiger partial charge in [0.15, 0.2) is 0 Å². The van der Waals surface area contributed by atoms with Gasteiger partial charge in [-0.15, -0.1) is 11.3 Å². The summed E-state index contributed by atoms with van der Waals surface area (Å²) in [6.45, 7) is 4.03. The third-order valence-electron chi connectivity index (χ3n) is 5.99. The monoisotopic (exact) mass is 458 g/mol. The molecule has 3 atom stereocenters. The van der Waals surface area contributed by atoms with E-state index >= 15 is 0 Å². The second-order valence-corrected chi connectivity index (χ2v) is 9.44. The van der Waals surface area contributed by atoms with Gasteiger partial charge in [0, 0.05) is 18.1 Å². The van der Waals surface area contributed by atoms with E-state index < -0.39 is 0 Å². The lowest BCUT2D eigenvalue weighted by Gasteiger charge is -2.17. The summed E-state index contributed by atoms with van der Waals surface area (Å²) in [4.78, 5) is 24.2. The molecule has 6 nitrogen and oxygen atoms in total. The summed E-state index contributed by atoms with van der Waals surface area (Å²) < 4.78 is 7.27. The van der Waals surface area contributed by atoms with Crippen molar-refractivity contribution >= 4 is 33.7 Å². The topological polar surface area (TPSA) is 77.0 Å². The number of thiazole rings is 1. The van der Waals surface area contributed by atoms with E-state index in [0.29, 0.717) is 12.3 Å². The molecule has 4 aromatic rings. The molecule has 1 aliphatic carbocycles. The number of benzene rings is 2. The minimum atomic E-state index is 0.0461. The van der Waals surface area contributed by atoms with Gasteiger partial charge in [0.25, 0.3) is 0 Å². The van der Waals surface area contributed by atoms with Crippen LogP contribution in [0.25, 0.3) is 21.5 Å². The number of anilines is 1. The molecule has 0 saturated heterocycles. The van der Waals surface area contributed by atoms with Gasteiger partial charge in [0.05, 0.1) is 27.5 Å². The molecule has 7 heteroatoms. The number of hydrogen-bond donors (Lipinski definition) is 1. The molecule has 0 bridgehead atoms. The highest BCUT2D eigenvalue weighted by molar-refractivity contribution is 7.16. The smallest absolute Gasteiger partial charge is 0.130 e. The summed E-state index contributed by atoms with van der Waals surface area (Å²) >= 11 is 1.63. The maximum Gasteiger partial charge on any atom is 0.130 e. The normalized spacial score (nSPS) is 18.1. The maximum absolute atomic E-state index is 10.6. The van der Waals surface area contributed by atoms with E-state index in [-0.39, 0.29) is 12.1 Å². The van der Waals surface area contributed by atoms with Gasteiger partial charge < -0.3 is 14.8 Å². The Kier molecular flexibility index (Phi) is 6.05. The number of hydrogen-bond acceptors (Lipinski definition) is 7. The van der Waals surface area contributed by atoms with Crippen molar-refractivity contribution in [3.05, 3.63) is 65.4 Å². The quantitative estimate of drug-likeness (QED) is 0.311. The fraction of sp³-hybridized carbons (Fsp3) is 0.308. The van der Waals surface area contributed by atoms with E-state index in [1.165, 1.54) is 0 Å². The Morgan fingerprint density at radius 1 is 1.21 bits per heavy atom. The summed E-state index contributed by atoms with van der Waals surface area (Å²) in [5.74, 6) is 2.88. The molecule has 3 unspecified atom stereocenters. The Hall–Kier alpha value is -3.32. The van der Waals surface area contributed by atoms with E-state index in [2.05, 4.69) is 51.5 Å². The van der Waals surface area contributed by atoms with Crippen molar-refractivity contribution in [2.75, 3.05) is 5.32 Å². The second-order valence-electron chi connectivity index (χ2n) is 8.56. The van der Waals surface area contributed by atoms with Crippen molar-refractivity contribution in [3.8, 4) is 17.0 Å². The first kappa shape index (κ1) is 21.5. The molecular formula is C26H26N4O2S. The Bertz CT molecular complexity index is 1290. The largest absolute Gasteiger partial charge is 0.490 e. The van der Waals surface area contributed by atoms with Gasteiger partial charge >= 0.3 is 0 Å². The van der Waals surface area contributed by atoms with Gasteiger partial charge in [-0.3, -0.25) is 0 Å². The highest BCUT2D eigenvalue weighted by Gasteiger charge is 2.38. The first-order valence-electron chi connectivity index (χ1n) is 11.2. The first-order valence-corrected chi connectivity index (χ1v) is 12.1. The Morgan fingerprint density at radius 3 is 3.00 bits per heavy atom. The molecule has 2 aromatic heterocycles. The van der Waals surface area contributed by atoms with Gasteiger partial charge in [0.2, 0.25) is 0 Å². The molecule has 0 radical (unpaired) electrons. The number of carbonyl (C=O) groups excluding carboxylic acids is 1. The van der Waals surface area contributed by atoms with Gasteiger partial charge in [-0.25, -0.2) is 15.0 Å². The van der Waals surface area contributed by atoms with Gasteiger partial charge in [-0.05, 0) is 62.4 Å². The van der Waals surface area contributed by atoms with Crippen LogP contribution in [0.3, 0.4) is 0 Å². The predicted molar refractivity (Wildman–Crippen MR) is 132 cm³/mol. The number of fused-ring (bicyclic) bond motifs is 1. The number of aryl methyl sites for hydroxylation is 1. The van der Waals surface area contributed by atoms with Gasteiger partial charge in [0.1, 0.15) is 29.8 Å². The van der Waals surface area contributed by atoms with E-state index in [9.17, 15) is 4.79 Å². The highest BCUT2D eigenvalue weighted by Crippen LogP contribution is 2.38. The third-order valence-corrected chi connectivity index (χ3v) is 6.78. The van der Waals surface area contributed by atoms with Gasteiger partial charge in [-0.2, -0.15) is 0 Å². The minimum absolute atomic E-state index is 0.0461. The minimum Gasteiger partial charge on any atom is -0.490 e. The van der Waals surface area contributed by atoms with Crippen molar-refractivity contribution < 1.29 is 9.53 Å². The molecule has 1 fully saturated rings. The lowest BCUT2D eigenvalue weighted by molar-refractivity contribution is -0.108. The van der Waals surface area contributed by atoms with E-state index in [1.54, 1.807) is 11.3 Å². The maximum atomic E-state index is 10.6. The molecule has 2 aromatic carbocycles.